The summed E-state index contributed by atoms with van der Waals surface area (Å²) in [5.74, 6) is -1.25. The lowest BCUT2D eigenvalue weighted by molar-refractivity contribution is -0.191. The van der Waals surface area contributed by atoms with Crippen LogP contribution in [0, 0.1) is 22.7 Å². The van der Waals surface area contributed by atoms with Crippen LogP contribution >= 0.6 is 0 Å². The minimum Gasteiger partial charge on any atom is -0.478 e. The Morgan fingerprint density at radius 2 is 1.94 bits per heavy atom. The maximum absolute atomic E-state index is 12.4. The van der Waals surface area contributed by atoms with Crippen LogP contribution in [0.1, 0.15) is 80.1 Å². The van der Waals surface area contributed by atoms with Gasteiger partial charge in [0.2, 0.25) is 0 Å². The number of carboxylic acids is 1. The van der Waals surface area contributed by atoms with Gasteiger partial charge in [-0.2, -0.15) is 0 Å². The van der Waals surface area contributed by atoms with Gasteiger partial charge in [-0.25, -0.2) is 4.79 Å². The van der Waals surface area contributed by atoms with Gasteiger partial charge in [0, 0.05) is 23.8 Å². The van der Waals surface area contributed by atoms with Crippen LogP contribution in [-0.2, 0) is 14.3 Å². The summed E-state index contributed by atoms with van der Waals surface area (Å²) in [7, 11) is 0. The van der Waals surface area contributed by atoms with Crippen molar-refractivity contribution in [3.8, 4) is 0 Å². The Kier molecular flexibility index (Phi) is 8.15. The molecule has 5 atom stereocenters. The van der Waals surface area contributed by atoms with Crippen molar-refractivity contribution in [1.82, 2.24) is 0 Å². The van der Waals surface area contributed by atoms with E-state index in [2.05, 4.69) is 6.92 Å². The zero-order valence-corrected chi connectivity index (χ0v) is 19.9. The fourth-order valence-corrected chi connectivity index (χ4v) is 6.13. The number of fused-ring (bicyclic) bond motifs is 1. The number of hydrogen-bond acceptors (Lipinski definition) is 5. The van der Waals surface area contributed by atoms with Crippen LogP contribution in [0.5, 0.6) is 0 Å². The van der Waals surface area contributed by atoms with Crippen molar-refractivity contribution < 1.29 is 29.6 Å². The van der Waals surface area contributed by atoms with Gasteiger partial charge in [-0.15, -0.1) is 0 Å². The summed E-state index contributed by atoms with van der Waals surface area (Å²) in [6.45, 7) is 11.7. The molecule has 0 radical (unpaired) electrons. The number of carbonyl (C=O) groups is 2. The van der Waals surface area contributed by atoms with Crippen LogP contribution < -0.4 is 0 Å². The summed E-state index contributed by atoms with van der Waals surface area (Å²) in [6.07, 6.45) is 3.76. The third-order valence-corrected chi connectivity index (χ3v) is 7.49. The summed E-state index contributed by atoms with van der Waals surface area (Å²) in [5.41, 5.74) is 2.10. The van der Waals surface area contributed by atoms with E-state index in [0.29, 0.717) is 25.7 Å². The summed E-state index contributed by atoms with van der Waals surface area (Å²) < 4.78 is 5.85. The summed E-state index contributed by atoms with van der Waals surface area (Å²) >= 11 is 0. The van der Waals surface area contributed by atoms with Gasteiger partial charge in [-0.3, -0.25) is 4.79 Å². The van der Waals surface area contributed by atoms with E-state index < -0.39 is 23.6 Å². The van der Waals surface area contributed by atoms with Gasteiger partial charge in [0.15, 0.2) is 0 Å². The van der Waals surface area contributed by atoms with Crippen LogP contribution in [0.15, 0.2) is 22.8 Å². The summed E-state index contributed by atoms with van der Waals surface area (Å²) in [6, 6.07) is 0. The molecular formula is C25H40O6. The predicted octanol–water partition coefficient (Wildman–Crippen LogP) is 4.25. The van der Waals surface area contributed by atoms with Crippen LogP contribution in [0.4, 0.5) is 0 Å². The van der Waals surface area contributed by atoms with Gasteiger partial charge in [-0.05, 0) is 57.3 Å². The number of hydrogen-bond donors (Lipinski definition) is 3. The van der Waals surface area contributed by atoms with Crippen molar-refractivity contribution in [2.75, 3.05) is 6.61 Å². The Morgan fingerprint density at radius 1 is 1.29 bits per heavy atom. The van der Waals surface area contributed by atoms with Gasteiger partial charge in [-0.1, -0.05) is 44.4 Å². The molecule has 0 aromatic carbocycles. The van der Waals surface area contributed by atoms with E-state index in [1.165, 1.54) is 11.6 Å². The fraction of sp³-hybridized carbons (Fsp3) is 0.760. The second-order valence-electron chi connectivity index (χ2n) is 10.5. The standard InChI is InChI=1S/C25H40O6/c1-15(2)11-22(30)31-20-9-10-24(5)18(8-7-16(3)12-21(28)29)17(4)13-19(27)23(24)25(20,6)14-26/h12,15,19-20,23,26-27H,7-11,13-14H2,1-6H3,(H,28,29). The molecule has 2 rings (SSSR count). The van der Waals surface area contributed by atoms with E-state index in [9.17, 15) is 19.8 Å². The molecule has 0 bridgehead atoms. The van der Waals surface area contributed by atoms with Crippen molar-refractivity contribution in [2.24, 2.45) is 22.7 Å². The maximum atomic E-state index is 12.4. The predicted molar refractivity (Wildman–Crippen MR) is 119 cm³/mol. The Bertz CT molecular complexity index is 751. The van der Waals surface area contributed by atoms with Gasteiger partial charge in [0.25, 0.3) is 0 Å². The first-order valence-corrected chi connectivity index (χ1v) is 11.4. The number of aliphatic hydroxyl groups excluding tert-OH is 2. The SMILES string of the molecule is CC(=CC(=O)O)CCC1=C(C)CC(O)C2C1(C)CCC(OC(=O)CC(C)C)C2(C)CO. The maximum Gasteiger partial charge on any atom is 0.328 e. The molecule has 0 saturated heterocycles. The smallest absolute Gasteiger partial charge is 0.328 e. The number of rotatable bonds is 8. The Balaban J connectivity index is 2.35. The molecule has 2 aliphatic carbocycles. The first kappa shape index (κ1) is 25.6. The van der Waals surface area contributed by atoms with Crippen molar-refractivity contribution in [3.05, 3.63) is 22.8 Å². The Morgan fingerprint density at radius 3 is 2.48 bits per heavy atom. The molecule has 6 heteroatoms. The monoisotopic (exact) mass is 436 g/mol. The largest absolute Gasteiger partial charge is 0.478 e. The van der Waals surface area contributed by atoms with E-state index in [0.717, 1.165) is 24.0 Å². The number of aliphatic carboxylic acids is 1. The minimum atomic E-state index is -0.942. The molecule has 0 heterocycles. The lowest BCUT2D eigenvalue weighted by Gasteiger charge is -2.59. The molecule has 31 heavy (non-hydrogen) atoms. The molecule has 2 aliphatic rings. The number of ether oxygens (including phenoxy) is 1. The van der Waals surface area contributed by atoms with E-state index >= 15 is 0 Å². The second-order valence-corrected chi connectivity index (χ2v) is 10.5. The van der Waals surface area contributed by atoms with Crippen molar-refractivity contribution in [1.29, 1.82) is 0 Å². The second kappa shape index (κ2) is 9.86. The van der Waals surface area contributed by atoms with Gasteiger partial charge < -0.3 is 20.1 Å². The number of allylic oxidation sites excluding steroid dienone is 2. The summed E-state index contributed by atoms with van der Waals surface area (Å²) in [5, 5.41) is 30.6. The molecular weight excluding hydrogens is 396 g/mol. The Hall–Kier alpha value is -1.66. The zero-order chi connectivity index (χ0) is 23.6. The van der Waals surface area contributed by atoms with Crippen molar-refractivity contribution >= 4 is 11.9 Å². The van der Waals surface area contributed by atoms with Gasteiger partial charge in [0.1, 0.15) is 6.10 Å². The highest BCUT2D eigenvalue weighted by Gasteiger charge is 2.60. The molecule has 6 nitrogen and oxygen atoms in total. The average Bonchev–Trinajstić information content (AvgIpc) is 2.62. The number of aliphatic hydroxyl groups is 2. The molecule has 0 aromatic heterocycles. The highest BCUT2D eigenvalue weighted by molar-refractivity contribution is 5.80. The van der Waals surface area contributed by atoms with Crippen LogP contribution in [0.3, 0.4) is 0 Å². The van der Waals surface area contributed by atoms with Crippen LogP contribution in [-0.4, -0.2) is 46.1 Å². The van der Waals surface area contributed by atoms with E-state index in [1.54, 1.807) is 0 Å². The van der Waals surface area contributed by atoms with E-state index in [4.69, 9.17) is 9.84 Å². The van der Waals surface area contributed by atoms with Gasteiger partial charge in [0.05, 0.1) is 12.7 Å². The molecule has 1 saturated carbocycles. The third-order valence-electron chi connectivity index (χ3n) is 7.49. The molecule has 5 unspecified atom stereocenters. The lowest BCUT2D eigenvalue weighted by Crippen LogP contribution is -2.60. The van der Waals surface area contributed by atoms with E-state index in [1.807, 2.05) is 34.6 Å². The topological polar surface area (TPSA) is 104 Å². The molecule has 0 aliphatic heterocycles. The minimum absolute atomic E-state index is 0.172. The normalized spacial score (nSPS) is 34.0. The first-order valence-electron chi connectivity index (χ1n) is 11.4. The highest BCUT2D eigenvalue weighted by atomic mass is 16.5. The quantitative estimate of drug-likeness (QED) is 0.298. The number of esters is 1. The Labute approximate surface area is 186 Å². The van der Waals surface area contributed by atoms with Gasteiger partial charge >= 0.3 is 11.9 Å². The number of carbonyl (C=O) groups excluding carboxylic acids is 1. The molecule has 0 aromatic rings. The third kappa shape index (κ3) is 5.40. The molecule has 176 valence electrons. The average molecular weight is 437 g/mol. The molecule has 1 fully saturated rings. The molecule has 3 N–H and O–H groups in total. The number of carboxylic acid groups (broad SMARTS) is 1. The van der Waals surface area contributed by atoms with Crippen LogP contribution in [0.25, 0.3) is 0 Å². The molecule has 0 spiro atoms. The van der Waals surface area contributed by atoms with Crippen LogP contribution in [0.2, 0.25) is 0 Å². The zero-order valence-electron chi connectivity index (χ0n) is 19.9. The lowest BCUT2D eigenvalue weighted by atomic mass is 9.47. The fourth-order valence-electron chi connectivity index (χ4n) is 6.13. The summed E-state index contributed by atoms with van der Waals surface area (Å²) in [4.78, 5) is 23.4. The van der Waals surface area contributed by atoms with E-state index in [-0.39, 0.29) is 29.8 Å². The molecule has 0 amide bonds. The van der Waals surface area contributed by atoms with Crippen molar-refractivity contribution in [3.63, 3.8) is 0 Å². The highest BCUT2D eigenvalue weighted by Crippen LogP contribution is 2.61. The van der Waals surface area contributed by atoms with Crippen molar-refractivity contribution in [2.45, 2.75) is 92.3 Å². The first-order chi connectivity index (χ1) is 14.3.